The van der Waals surface area contributed by atoms with Gasteiger partial charge < -0.3 is 4.90 Å². The van der Waals surface area contributed by atoms with Crippen molar-refractivity contribution in [2.75, 3.05) is 11.9 Å². The topological polar surface area (TPSA) is 50.3 Å². The highest BCUT2D eigenvalue weighted by Crippen LogP contribution is 2.54. The summed E-state index contributed by atoms with van der Waals surface area (Å²) in [7, 11) is 1.04. The molecule has 0 aliphatic carbocycles. The van der Waals surface area contributed by atoms with Gasteiger partial charge in [-0.3, -0.25) is 9.59 Å². The summed E-state index contributed by atoms with van der Waals surface area (Å²) in [5, 5.41) is 0. The van der Waals surface area contributed by atoms with E-state index in [9.17, 15) is 57.9 Å². The van der Waals surface area contributed by atoms with Crippen molar-refractivity contribution >= 4 is 33.3 Å². The molecule has 0 N–H and O–H groups in total. The number of aromatic nitrogens is 1. The number of hydrogen-bond donors (Lipinski definition) is 0. The molecule has 0 atom stereocenters. The van der Waals surface area contributed by atoms with Crippen LogP contribution in [0.2, 0.25) is 0 Å². The molecule has 226 valence electrons. The van der Waals surface area contributed by atoms with Gasteiger partial charge in [0.2, 0.25) is 5.95 Å². The lowest BCUT2D eigenvalue weighted by Gasteiger charge is -2.31. The quantitative estimate of drug-likeness (QED) is 0.150. The van der Waals surface area contributed by atoms with Crippen LogP contribution in [-0.4, -0.2) is 36.1 Å². The van der Waals surface area contributed by atoms with Gasteiger partial charge in [-0.1, -0.05) is 22.0 Å². The fourth-order valence-corrected chi connectivity index (χ4v) is 4.41. The van der Waals surface area contributed by atoms with Crippen LogP contribution in [-0.2, 0) is 18.3 Å². The minimum Gasteiger partial charge on any atom is -0.309 e. The van der Waals surface area contributed by atoms with Gasteiger partial charge in [0.1, 0.15) is 0 Å². The molecule has 2 aromatic carbocycles. The maximum Gasteiger partial charge on any atom is 0.435 e. The van der Waals surface area contributed by atoms with E-state index in [1.165, 1.54) is 0 Å². The summed E-state index contributed by atoms with van der Waals surface area (Å²) >= 11 is 2.39. The summed E-state index contributed by atoms with van der Waals surface area (Å²) in [6, 6.07) is 3.76. The van der Waals surface area contributed by atoms with Crippen molar-refractivity contribution in [3.63, 3.8) is 0 Å². The average Bonchev–Trinajstić information content (AvgIpc) is 2.86. The molecule has 0 aliphatic rings. The van der Waals surface area contributed by atoms with E-state index in [1.54, 1.807) is 0 Å². The van der Waals surface area contributed by atoms with Crippen molar-refractivity contribution in [1.82, 2.24) is 4.98 Å². The van der Waals surface area contributed by atoms with E-state index in [0.29, 0.717) is 4.90 Å². The molecule has 4 nitrogen and oxygen atoms in total. The summed E-state index contributed by atoms with van der Waals surface area (Å²) < 4.78 is 162. The second kappa shape index (κ2) is 11.2. The lowest BCUT2D eigenvalue weighted by Crippen LogP contribution is -2.50. The molecule has 3 rings (SSSR count). The van der Waals surface area contributed by atoms with Gasteiger partial charge in [-0.15, -0.1) is 0 Å². The zero-order valence-corrected chi connectivity index (χ0v) is 22.0. The lowest BCUT2D eigenvalue weighted by atomic mass is 9.89. The van der Waals surface area contributed by atoms with Gasteiger partial charge in [0.15, 0.2) is 11.6 Å². The Morgan fingerprint density at radius 1 is 0.881 bits per heavy atom. The van der Waals surface area contributed by atoms with Crippen molar-refractivity contribution in [2.45, 2.75) is 30.6 Å². The number of rotatable bonds is 6. The molecule has 0 spiro atoms. The molecule has 0 unspecified atom stereocenters. The second-order valence-corrected chi connectivity index (χ2v) is 9.46. The molecule has 0 fully saturated rings. The van der Waals surface area contributed by atoms with Gasteiger partial charge in [-0.2, -0.15) is 43.9 Å². The Morgan fingerprint density at radius 2 is 1.48 bits per heavy atom. The standard InChI is InChI=1S/C25H13BrF12N2O2/c1-40(21(42)11-5-6-19(27)39-10-11)17-4-2-3-13(20(17)28)18(41)9-14-15(23(30,31)32)7-12(8-16(14)26)22(29,24(33,34)35)25(36,37)38/h2-8,10H,9H2,1H3. The monoisotopic (exact) mass is 680 g/mol. The Bertz CT molecular complexity index is 1500. The van der Waals surface area contributed by atoms with E-state index >= 15 is 4.39 Å². The zero-order valence-electron chi connectivity index (χ0n) is 20.5. The molecule has 0 radical (unpaired) electrons. The highest BCUT2D eigenvalue weighted by atomic mass is 79.9. The predicted octanol–water partition coefficient (Wildman–Crippen LogP) is 8.13. The lowest BCUT2D eigenvalue weighted by molar-refractivity contribution is -0.348. The number of carbonyl (C=O) groups is 2. The normalized spacial score (nSPS) is 12.8. The molecule has 3 aromatic rings. The smallest absolute Gasteiger partial charge is 0.309 e. The van der Waals surface area contributed by atoms with Crippen LogP contribution in [0.4, 0.5) is 58.4 Å². The molecule has 17 heteroatoms. The zero-order chi connectivity index (χ0) is 32.0. The summed E-state index contributed by atoms with van der Waals surface area (Å²) in [5.41, 5.74) is -13.8. The molecular weight excluding hydrogens is 668 g/mol. The SMILES string of the molecule is CN(C(=O)c1ccc(F)nc1)c1cccc(C(=O)Cc2c(Br)cc(C(F)(C(F)(F)F)C(F)(F)F)cc2C(F)(F)F)c1F. The van der Waals surface area contributed by atoms with Crippen LogP contribution in [0, 0.1) is 11.8 Å². The third-order valence-corrected chi connectivity index (χ3v) is 6.64. The predicted molar refractivity (Wildman–Crippen MR) is 125 cm³/mol. The van der Waals surface area contributed by atoms with Crippen LogP contribution in [0.25, 0.3) is 0 Å². The second-order valence-electron chi connectivity index (χ2n) is 8.61. The minimum atomic E-state index is -6.72. The number of pyridine rings is 1. The van der Waals surface area contributed by atoms with Crippen LogP contribution in [0.1, 0.15) is 37.4 Å². The number of carbonyl (C=O) groups excluding carboxylic acids is 2. The summed E-state index contributed by atoms with van der Waals surface area (Å²) in [6.07, 6.45) is -19.7. The Labute approximate surface area is 236 Å². The van der Waals surface area contributed by atoms with Crippen LogP contribution in [0.3, 0.4) is 0 Å². The summed E-state index contributed by atoms with van der Waals surface area (Å²) in [6.45, 7) is 0. The highest BCUT2D eigenvalue weighted by molar-refractivity contribution is 9.10. The van der Waals surface area contributed by atoms with Gasteiger partial charge in [0.05, 0.1) is 22.4 Å². The number of benzene rings is 2. The first kappa shape index (κ1) is 32.9. The fraction of sp³-hybridized carbons (Fsp3) is 0.240. The van der Waals surface area contributed by atoms with Crippen molar-refractivity contribution in [3.8, 4) is 0 Å². The van der Waals surface area contributed by atoms with Crippen molar-refractivity contribution in [1.29, 1.82) is 0 Å². The number of anilines is 1. The third-order valence-electron chi connectivity index (χ3n) is 5.94. The van der Waals surface area contributed by atoms with E-state index in [0.717, 1.165) is 43.6 Å². The van der Waals surface area contributed by atoms with Crippen LogP contribution in [0.5, 0.6) is 0 Å². The van der Waals surface area contributed by atoms with Crippen molar-refractivity contribution in [3.05, 3.63) is 92.7 Å². The van der Waals surface area contributed by atoms with Gasteiger partial charge in [0, 0.05) is 29.7 Å². The highest BCUT2D eigenvalue weighted by Gasteiger charge is 2.73. The molecular formula is C25H13BrF12N2O2. The van der Waals surface area contributed by atoms with E-state index in [4.69, 9.17) is 0 Å². The van der Waals surface area contributed by atoms with E-state index in [-0.39, 0.29) is 11.6 Å². The van der Waals surface area contributed by atoms with E-state index < -0.39 is 92.6 Å². The van der Waals surface area contributed by atoms with E-state index in [1.807, 2.05) is 0 Å². The average molecular weight is 681 g/mol. The molecule has 0 saturated carbocycles. The molecule has 1 aromatic heterocycles. The molecule has 0 aliphatic heterocycles. The van der Waals surface area contributed by atoms with Crippen molar-refractivity contribution in [2.24, 2.45) is 0 Å². The first-order valence-electron chi connectivity index (χ1n) is 11.0. The number of halogens is 13. The largest absolute Gasteiger partial charge is 0.435 e. The number of alkyl halides is 10. The first-order chi connectivity index (χ1) is 19.1. The maximum absolute atomic E-state index is 15.3. The molecule has 1 amide bonds. The number of Topliss-reactive ketones (excluding diaryl/α,β-unsaturated/α-hetero) is 1. The minimum absolute atomic E-state index is 0.200. The van der Waals surface area contributed by atoms with Gasteiger partial charge in [-0.25, -0.2) is 13.8 Å². The van der Waals surface area contributed by atoms with Crippen LogP contribution < -0.4 is 4.90 Å². The van der Waals surface area contributed by atoms with Gasteiger partial charge in [-0.05, 0) is 42.0 Å². The molecule has 42 heavy (non-hydrogen) atoms. The summed E-state index contributed by atoms with van der Waals surface area (Å²) in [4.78, 5) is 29.5. The van der Waals surface area contributed by atoms with Crippen molar-refractivity contribution < 1.29 is 62.3 Å². The third kappa shape index (κ3) is 6.10. The Hall–Kier alpha value is -3.63. The first-order valence-corrected chi connectivity index (χ1v) is 11.8. The van der Waals surface area contributed by atoms with Crippen LogP contribution in [0.15, 0.2) is 53.1 Å². The van der Waals surface area contributed by atoms with E-state index in [2.05, 4.69) is 20.9 Å². The molecule has 0 bridgehead atoms. The molecule has 0 saturated heterocycles. The van der Waals surface area contributed by atoms with Crippen LogP contribution >= 0.6 is 15.9 Å². The Balaban J connectivity index is 2.07. The maximum atomic E-state index is 15.3. The Kier molecular flexibility index (Phi) is 8.78. The number of hydrogen-bond acceptors (Lipinski definition) is 3. The number of amides is 1. The molecule has 1 heterocycles. The fourth-order valence-electron chi connectivity index (χ4n) is 3.81. The number of nitrogens with zero attached hydrogens (tertiary/aromatic N) is 2. The summed E-state index contributed by atoms with van der Waals surface area (Å²) in [5.74, 6) is -4.73. The van der Waals surface area contributed by atoms with Gasteiger partial charge >= 0.3 is 24.2 Å². The van der Waals surface area contributed by atoms with Gasteiger partial charge in [0.25, 0.3) is 5.91 Å². The number of ketones is 1. The Morgan fingerprint density at radius 3 is 1.98 bits per heavy atom.